The molecule has 0 radical (unpaired) electrons. The van der Waals surface area contributed by atoms with Crippen molar-refractivity contribution in [1.82, 2.24) is 0 Å². The van der Waals surface area contributed by atoms with Crippen LogP contribution in [0.3, 0.4) is 0 Å². The molecule has 0 atom stereocenters. The van der Waals surface area contributed by atoms with Gasteiger partial charge in [0.2, 0.25) is 5.91 Å². The van der Waals surface area contributed by atoms with E-state index in [-0.39, 0.29) is 17.6 Å². The number of hydrogen-bond acceptors (Lipinski definition) is 2. The van der Waals surface area contributed by atoms with Crippen LogP contribution >= 0.6 is 0 Å². The molecule has 3 heteroatoms. The number of amides is 1. The first-order valence-electron chi connectivity index (χ1n) is 6.10. The maximum atomic E-state index is 12.1. The molecule has 0 aromatic heterocycles. The molecule has 0 N–H and O–H groups in total. The lowest BCUT2D eigenvalue weighted by Crippen LogP contribution is -2.22. The minimum Gasteiger partial charge on any atom is -0.315 e. The van der Waals surface area contributed by atoms with Gasteiger partial charge in [-0.05, 0) is 36.6 Å². The molecule has 0 unspecified atom stereocenters. The van der Waals surface area contributed by atoms with Crippen LogP contribution in [0.1, 0.15) is 35.2 Å². The number of rotatable bonds is 2. The van der Waals surface area contributed by atoms with Gasteiger partial charge in [0.15, 0.2) is 5.78 Å². The standard InChI is InChI=1S/C14H15NO2/c1-15-12-6-5-10(7-11(12)8-13(15)16)14(17)9-3-2-4-9/h5-7,9H,2-4,8H2,1H3. The SMILES string of the molecule is CN1C(=O)Cc2cc(C(=O)C3CCC3)ccc21. The van der Waals surface area contributed by atoms with Crippen molar-refractivity contribution in [2.45, 2.75) is 25.7 Å². The predicted octanol–water partition coefficient (Wildman–Crippen LogP) is 2.19. The zero-order valence-electron chi connectivity index (χ0n) is 9.90. The third-order valence-corrected chi connectivity index (χ3v) is 3.92. The van der Waals surface area contributed by atoms with Crippen molar-refractivity contribution < 1.29 is 9.59 Å². The summed E-state index contributed by atoms with van der Waals surface area (Å²) >= 11 is 0. The molecule has 88 valence electrons. The summed E-state index contributed by atoms with van der Waals surface area (Å²) in [5.74, 6) is 0.581. The Morgan fingerprint density at radius 2 is 2.12 bits per heavy atom. The maximum absolute atomic E-state index is 12.1. The quantitative estimate of drug-likeness (QED) is 0.729. The van der Waals surface area contributed by atoms with Gasteiger partial charge in [0, 0.05) is 24.2 Å². The van der Waals surface area contributed by atoms with Crippen LogP contribution in [-0.2, 0) is 11.2 Å². The average molecular weight is 229 g/mol. The molecule has 1 fully saturated rings. The Labute approximate surface area is 100 Å². The fourth-order valence-electron chi connectivity index (χ4n) is 2.53. The predicted molar refractivity (Wildman–Crippen MR) is 65.2 cm³/mol. The molecule has 1 aliphatic heterocycles. The Kier molecular flexibility index (Phi) is 2.28. The van der Waals surface area contributed by atoms with Crippen molar-refractivity contribution in [2.75, 3.05) is 11.9 Å². The first kappa shape index (κ1) is 10.5. The van der Waals surface area contributed by atoms with Crippen molar-refractivity contribution in [3.05, 3.63) is 29.3 Å². The van der Waals surface area contributed by atoms with Gasteiger partial charge in [-0.25, -0.2) is 0 Å². The number of nitrogens with zero attached hydrogens (tertiary/aromatic N) is 1. The van der Waals surface area contributed by atoms with Crippen molar-refractivity contribution >= 4 is 17.4 Å². The third kappa shape index (κ3) is 1.57. The van der Waals surface area contributed by atoms with E-state index in [1.807, 2.05) is 18.2 Å². The zero-order valence-corrected chi connectivity index (χ0v) is 9.90. The summed E-state index contributed by atoms with van der Waals surface area (Å²) in [4.78, 5) is 25.3. The maximum Gasteiger partial charge on any atom is 0.231 e. The summed E-state index contributed by atoms with van der Waals surface area (Å²) < 4.78 is 0. The number of fused-ring (bicyclic) bond motifs is 1. The summed E-state index contributed by atoms with van der Waals surface area (Å²) in [6.45, 7) is 0. The van der Waals surface area contributed by atoms with E-state index in [4.69, 9.17) is 0 Å². The zero-order chi connectivity index (χ0) is 12.0. The Bertz CT molecular complexity index is 503. The topological polar surface area (TPSA) is 37.4 Å². The number of hydrogen-bond donors (Lipinski definition) is 0. The van der Waals surface area contributed by atoms with Crippen LogP contribution in [0.5, 0.6) is 0 Å². The highest BCUT2D eigenvalue weighted by molar-refractivity contribution is 6.04. The molecule has 1 aromatic carbocycles. The minimum absolute atomic E-state index is 0.105. The van der Waals surface area contributed by atoms with E-state index in [0.29, 0.717) is 6.42 Å². The number of benzene rings is 1. The van der Waals surface area contributed by atoms with Crippen LogP contribution in [0.4, 0.5) is 5.69 Å². The van der Waals surface area contributed by atoms with Crippen molar-refractivity contribution in [1.29, 1.82) is 0 Å². The van der Waals surface area contributed by atoms with Gasteiger partial charge in [-0.3, -0.25) is 9.59 Å². The summed E-state index contributed by atoms with van der Waals surface area (Å²) in [7, 11) is 1.78. The molecule has 2 aliphatic rings. The molecule has 17 heavy (non-hydrogen) atoms. The first-order valence-corrected chi connectivity index (χ1v) is 6.10. The molecule has 1 aromatic rings. The van der Waals surface area contributed by atoms with E-state index in [1.54, 1.807) is 11.9 Å². The van der Waals surface area contributed by atoms with E-state index in [9.17, 15) is 9.59 Å². The first-order chi connectivity index (χ1) is 8.16. The second kappa shape index (κ2) is 3.69. The number of carbonyl (C=O) groups excluding carboxylic acids is 2. The number of anilines is 1. The Balaban J connectivity index is 1.92. The van der Waals surface area contributed by atoms with Gasteiger partial charge in [0.1, 0.15) is 0 Å². The van der Waals surface area contributed by atoms with E-state index >= 15 is 0 Å². The number of ketones is 1. The highest BCUT2D eigenvalue weighted by Gasteiger charge is 2.29. The van der Waals surface area contributed by atoms with E-state index in [1.165, 1.54) is 6.42 Å². The van der Waals surface area contributed by atoms with E-state index < -0.39 is 0 Å². The van der Waals surface area contributed by atoms with Gasteiger partial charge >= 0.3 is 0 Å². The number of Topliss-reactive ketones (excluding diaryl/α,β-unsaturated/α-hetero) is 1. The van der Waals surface area contributed by atoms with Gasteiger partial charge < -0.3 is 4.90 Å². The Hall–Kier alpha value is -1.64. The monoisotopic (exact) mass is 229 g/mol. The molecule has 1 saturated carbocycles. The molecule has 0 bridgehead atoms. The van der Waals surface area contributed by atoms with Gasteiger partial charge in [0.25, 0.3) is 0 Å². The van der Waals surface area contributed by atoms with Crippen LogP contribution < -0.4 is 4.90 Å². The van der Waals surface area contributed by atoms with Gasteiger partial charge in [-0.2, -0.15) is 0 Å². The Morgan fingerprint density at radius 1 is 1.35 bits per heavy atom. The fraction of sp³-hybridized carbons (Fsp3) is 0.429. The van der Waals surface area contributed by atoms with Gasteiger partial charge in [0.05, 0.1) is 6.42 Å². The lowest BCUT2D eigenvalue weighted by molar-refractivity contribution is -0.117. The second-order valence-electron chi connectivity index (χ2n) is 4.97. The molecule has 0 spiro atoms. The van der Waals surface area contributed by atoms with Crippen LogP contribution in [-0.4, -0.2) is 18.7 Å². The summed E-state index contributed by atoms with van der Waals surface area (Å²) in [6, 6.07) is 5.65. The van der Waals surface area contributed by atoms with E-state index in [0.717, 1.165) is 29.7 Å². The minimum atomic E-state index is 0.105. The molecular weight excluding hydrogens is 214 g/mol. The molecule has 1 aliphatic carbocycles. The third-order valence-electron chi connectivity index (χ3n) is 3.92. The van der Waals surface area contributed by atoms with E-state index in [2.05, 4.69) is 0 Å². The molecule has 1 amide bonds. The summed E-state index contributed by atoms with van der Waals surface area (Å²) in [6.07, 6.45) is 3.64. The summed E-state index contributed by atoms with van der Waals surface area (Å²) in [5, 5.41) is 0. The Morgan fingerprint density at radius 3 is 2.76 bits per heavy atom. The highest BCUT2D eigenvalue weighted by atomic mass is 16.2. The molecular formula is C14H15NO2. The largest absolute Gasteiger partial charge is 0.315 e. The molecule has 3 rings (SSSR count). The van der Waals surface area contributed by atoms with Crippen LogP contribution in [0.25, 0.3) is 0 Å². The lowest BCUT2D eigenvalue weighted by Gasteiger charge is -2.24. The number of likely N-dealkylation sites (N-methyl/N-ethyl adjacent to an activating group) is 1. The van der Waals surface area contributed by atoms with Crippen LogP contribution in [0.2, 0.25) is 0 Å². The van der Waals surface area contributed by atoms with Gasteiger partial charge in [-0.1, -0.05) is 6.42 Å². The molecule has 1 heterocycles. The smallest absolute Gasteiger partial charge is 0.231 e. The number of carbonyl (C=O) groups is 2. The van der Waals surface area contributed by atoms with Crippen LogP contribution in [0.15, 0.2) is 18.2 Å². The highest BCUT2D eigenvalue weighted by Crippen LogP contribution is 2.33. The molecule has 0 saturated heterocycles. The lowest BCUT2D eigenvalue weighted by atomic mass is 9.79. The van der Waals surface area contributed by atoms with Crippen LogP contribution in [0, 0.1) is 5.92 Å². The van der Waals surface area contributed by atoms with Crippen molar-refractivity contribution in [2.24, 2.45) is 5.92 Å². The van der Waals surface area contributed by atoms with Crippen molar-refractivity contribution in [3.63, 3.8) is 0 Å². The normalized spacial score (nSPS) is 19.1. The van der Waals surface area contributed by atoms with Crippen molar-refractivity contribution in [3.8, 4) is 0 Å². The second-order valence-corrected chi connectivity index (χ2v) is 4.97. The summed E-state index contributed by atoms with van der Waals surface area (Å²) in [5.41, 5.74) is 2.71. The molecule has 3 nitrogen and oxygen atoms in total. The van der Waals surface area contributed by atoms with Gasteiger partial charge in [-0.15, -0.1) is 0 Å². The average Bonchev–Trinajstić information content (AvgIpc) is 2.52. The fourth-order valence-corrected chi connectivity index (χ4v) is 2.53.